The number of amides is 1. The number of aliphatic imine (C=N–C) groups is 1. The summed E-state index contributed by atoms with van der Waals surface area (Å²) in [4.78, 5) is 21.4. The molecule has 0 saturated carbocycles. The molecule has 1 aliphatic rings. The van der Waals surface area contributed by atoms with Gasteiger partial charge in [-0.25, -0.2) is 9.67 Å². The number of thioether (sulfide) groups is 1. The van der Waals surface area contributed by atoms with E-state index in [1.807, 2.05) is 133 Å². The van der Waals surface area contributed by atoms with Crippen LogP contribution < -0.4 is 9.47 Å². The number of hydrogen-bond acceptors (Lipinski definition) is 6. The number of aromatic nitrogens is 2. The van der Waals surface area contributed by atoms with E-state index in [1.165, 1.54) is 11.8 Å². The predicted octanol–water partition coefficient (Wildman–Crippen LogP) is 7.92. The van der Waals surface area contributed by atoms with Gasteiger partial charge >= 0.3 is 0 Å². The number of amidine groups is 1. The molecule has 1 amide bonds. The predicted molar refractivity (Wildman–Crippen MR) is 173 cm³/mol. The number of nitrogens with zero attached hydrogens (tertiary/aromatic N) is 4. The van der Waals surface area contributed by atoms with Crippen LogP contribution in [-0.4, -0.2) is 40.0 Å². The summed E-state index contributed by atoms with van der Waals surface area (Å²) in [5.41, 5.74) is 5.18. The summed E-state index contributed by atoms with van der Waals surface area (Å²) in [6, 6.07) is 35.0. The standard InChI is InChI=1S/C35H30N4O3S/c1-24(25-10-6-4-7-11-25)39-34(40)32(43-35(39)36-28-16-20-31(42-3)21-17-28)22-27-23-38(29-12-8-5-9-13-29)37-33(27)26-14-18-30(41-2)19-15-26/h4-24H,1-3H3/b32-22-,36-35?/t24-/m1/s1. The highest BCUT2D eigenvalue weighted by atomic mass is 32.2. The van der Waals surface area contributed by atoms with Crippen LogP contribution in [-0.2, 0) is 4.79 Å². The van der Waals surface area contributed by atoms with Gasteiger partial charge in [0, 0.05) is 17.3 Å². The Morgan fingerprint density at radius 3 is 2.05 bits per heavy atom. The van der Waals surface area contributed by atoms with Crippen LogP contribution >= 0.6 is 11.8 Å². The van der Waals surface area contributed by atoms with Crippen LogP contribution in [0.3, 0.4) is 0 Å². The van der Waals surface area contributed by atoms with Crippen LogP contribution in [0, 0.1) is 0 Å². The average Bonchev–Trinajstić information content (AvgIpc) is 3.62. The fraction of sp³-hybridized carbons (Fsp3) is 0.114. The van der Waals surface area contributed by atoms with Gasteiger partial charge < -0.3 is 9.47 Å². The molecule has 43 heavy (non-hydrogen) atoms. The van der Waals surface area contributed by atoms with Crippen molar-refractivity contribution >= 4 is 34.6 Å². The molecule has 5 aromatic rings. The lowest BCUT2D eigenvalue weighted by atomic mass is 10.1. The zero-order chi connectivity index (χ0) is 29.8. The summed E-state index contributed by atoms with van der Waals surface area (Å²) in [7, 11) is 3.28. The molecule has 0 radical (unpaired) electrons. The average molecular weight is 587 g/mol. The van der Waals surface area contributed by atoms with Crippen molar-refractivity contribution in [2.45, 2.75) is 13.0 Å². The van der Waals surface area contributed by atoms with E-state index in [9.17, 15) is 4.79 Å². The topological polar surface area (TPSA) is 69.0 Å². The molecule has 8 heteroatoms. The molecule has 0 spiro atoms. The molecule has 0 bridgehead atoms. The van der Waals surface area contributed by atoms with Crippen molar-refractivity contribution in [1.29, 1.82) is 0 Å². The van der Waals surface area contributed by atoms with Crippen LogP contribution in [0.25, 0.3) is 23.0 Å². The Morgan fingerprint density at radius 2 is 1.42 bits per heavy atom. The number of carbonyl (C=O) groups excluding carboxylic acids is 1. The molecule has 7 nitrogen and oxygen atoms in total. The number of para-hydroxylation sites is 1. The quantitative estimate of drug-likeness (QED) is 0.173. The molecule has 0 aliphatic carbocycles. The van der Waals surface area contributed by atoms with E-state index >= 15 is 0 Å². The number of rotatable bonds is 8. The molecular weight excluding hydrogens is 556 g/mol. The summed E-state index contributed by atoms with van der Waals surface area (Å²) in [6.07, 6.45) is 3.87. The normalized spacial score (nSPS) is 15.7. The largest absolute Gasteiger partial charge is 0.497 e. The van der Waals surface area contributed by atoms with E-state index in [-0.39, 0.29) is 11.9 Å². The maximum atomic E-state index is 14.1. The van der Waals surface area contributed by atoms with E-state index in [0.717, 1.165) is 45.3 Å². The fourth-order valence-electron chi connectivity index (χ4n) is 4.87. The van der Waals surface area contributed by atoms with Crippen molar-refractivity contribution in [3.05, 3.63) is 131 Å². The lowest BCUT2D eigenvalue weighted by Gasteiger charge is -2.24. The van der Waals surface area contributed by atoms with Crippen molar-refractivity contribution in [1.82, 2.24) is 14.7 Å². The Balaban J connectivity index is 1.44. The van der Waals surface area contributed by atoms with Gasteiger partial charge in [-0.05, 0) is 91.0 Å². The van der Waals surface area contributed by atoms with Gasteiger partial charge in [-0.2, -0.15) is 5.10 Å². The van der Waals surface area contributed by atoms with Gasteiger partial charge in [-0.1, -0.05) is 48.5 Å². The summed E-state index contributed by atoms with van der Waals surface area (Å²) in [5.74, 6) is 1.40. The van der Waals surface area contributed by atoms with Gasteiger partial charge in [0.15, 0.2) is 5.17 Å². The van der Waals surface area contributed by atoms with Crippen LogP contribution in [0.2, 0.25) is 0 Å². The van der Waals surface area contributed by atoms with Crippen molar-refractivity contribution in [3.8, 4) is 28.4 Å². The number of ether oxygens (including phenoxy) is 2. The molecular formula is C35H30N4O3S. The second-order valence-corrected chi connectivity index (χ2v) is 10.9. The molecule has 4 aromatic carbocycles. The maximum Gasteiger partial charge on any atom is 0.267 e. The SMILES string of the molecule is COc1ccc(N=C2S/C(=C\c3cn(-c4ccccc4)nc3-c3ccc(OC)cc3)C(=O)N2[C@H](C)c2ccccc2)cc1. The van der Waals surface area contributed by atoms with Crippen LogP contribution in [0.5, 0.6) is 11.5 Å². The maximum absolute atomic E-state index is 14.1. The zero-order valence-corrected chi connectivity index (χ0v) is 24.9. The second kappa shape index (κ2) is 12.4. The molecule has 1 atom stereocenters. The number of hydrogen-bond donors (Lipinski definition) is 0. The van der Waals surface area contributed by atoms with E-state index in [0.29, 0.717) is 10.1 Å². The second-order valence-electron chi connectivity index (χ2n) is 9.91. The first-order chi connectivity index (χ1) is 21.0. The summed E-state index contributed by atoms with van der Waals surface area (Å²) < 4.78 is 12.5. The molecule has 1 aromatic heterocycles. The van der Waals surface area contributed by atoms with E-state index < -0.39 is 0 Å². The highest BCUT2D eigenvalue weighted by molar-refractivity contribution is 8.18. The highest BCUT2D eigenvalue weighted by Crippen LogP contribution is 2.40. The lowest BCUT2D eigenvalue weighted by molar-refractivity contribution is -0.123. The van der Waals surface area contributed by atoms with E-state index in [4.69, 9.17) is 19.6 Å². The van der Waals surface area contributed by atoms with Crippen molar-refractivity contribution in [2.75, 3.05) is 14.2 Å². The van der Waals surface area contributed by atoms with Gasteiger partial charge in [-0.3, -0.25) is 9.69 Å². The Bertz CT molecular complexity index is 1780. The molecule has 2 heterocycles. The summed E-state index contributed by atoms with van der Waals surface area (Å²) >= 11 is 1.36. The van der Waals surface area contributed by atoms with Crippen LogP contribution in [0.4, 0.5) is 5.69 Å². The smallest absolute Gasteiger partial charge is 0.267 e. The summed E-state index contributed by atoms with van der Waals surface area (Å²) in [6.45, 7) is 2.02. The molecule has 1 saturated heterocycles. The van der Waals surface area contributed by atoms with E-state index in [2.05, 4.69) is 0 Å². The van der Waals surface area contributed by atoms with Gasteiger partial charge in [0.1, 0.15) is 11.5 Å². The lowest BCUT2D eigenvalue weighted by Crippen LogP contribution is -2.32. The first-order valence-corrected chi connectivity index (χ1v) is 14.7. The van der Waals surface area contributed by atoms with E-state index in [1.54, 1.807) is 19.1 Å². The third-order valence-electron chi connectivity index (χ3n) is 7.22. The Labute approximate surface area is 255 Å². The molecule has 1 fully saturated rings. The minimum absolute atomic E-state index is 0.109. The van der Waals surface area contributed by atoms with Gasteiger partial charge in [0.05, 0.1) is 42.2 Å². The van der Waals surface area contributed by atoms with Gasteiger partial charge in [0.2, 0.25) is 0 Å². The Kier molecular flexibility index (Phi) is 8.11. The van der Waals surface area contributed by atoms with Crippen molar-refractivity contribution in [3.63, 3.8) is 0 Å². The van der Waals surface area contributed by atoms with Gasteiger partial charge in [-0.15, -0.1) is 0 Å². The van der Waals surface area contributed by atoms with Crippen LogP contribution in [0.15, 0.2) is 125 Å². The molecule has 0 unspecified atom stereocenters. The zero-order valence-electron chi connectivity index (χ0n) is 24.0. The monoisotopic (exact) mass is 586 g/mol. The molecule has 6 rings (SSSR count). The minimum atomic E-state index is -0.225. The Hall–Kier alpha value is -5.08. The highest BCUT2D eigenvalue weighted by Gasteiger charge is 2.37. The van der Waals surface area contributed by atoms with Crippen molar-refractivity contribution < 1.29 is 14.3 Å². The summed E-state index contributed by atoms with van der Waals surface area (Å²) in [5, 5.41) is 5.54. The molecule has 1 aliphatic heterocycles. The van der Waals surface area contributed by atoms with Crippen LogP contribution in [0.1, 0.15) is 24.1 Å². The first kappa shape index (κ1) is 28.1. The number of carbonyl (C=O) groups is 1. The number of methoxy groups -OCH3 is 2. The van der Waals surface area contributed by atoms with Gasteiger partial charge in [0.25, 0.3) is 5.91 Å². The fourth-order valence-corrected chi connectivity index (χ4v) is 5.93. The third kappa shape index (κ3) is 5.96. The first-order valence-electron chi connectivity index (χ1n) is 13.8. The molecule has 214 valence electrons. The third-order valence-corrected chi connectivity index (χ3v) is 8.20. The molecule has 0 N–H and O–H groups in total. The minimum Gasteiger partial charge on any atom is -0.497 e. The van der Waals surface area contributed by atoms with Crippen molar-refractivity contribution in [2.24, 2.45) is 4.99 Å². The number of benzene rings is 4. The Morgan fingerprint density at radius 1 is 0.814 bits per heavy atom.